The fraction of sp³-hybridized carbons (Fsp3) is 0.200. The van der Waals surface area contributed by atoms with Crippen molar-refractivity contribution in [2.45, 2.75) is 5.79 Å². The summed E-state index contributed by atoms with van der Waals surface area (Å²) in [4.78, 5) is 0. The molecular formula is C15H16O6. The number of ether oxygens (including phenoxy) is 2. The molecule has 0 unspecified atom stereocenters. The van der Waals surface area contributed by atoms with Crippen LogP contribution in [0.4, 0.5) is 0 Å². The molecular weight excluding hydrogens is 276 g/mol. The Morgan fingerprint density at radius 2 is 1.10 bits per heavy atom. The highest BCUT2D eigenvalue weighted by Gasteiger charge is 2.39. The Bertz CT molecular complexity index is 595. The van der Waals surface area contributed by atoms with Crippen molar-refractivity contribution < 1.29 is 29.9 Å². The average molecular weight is 292 g/mol. The molecule has 2 aromatic carbocycles. The molecule has 21 heavy (non-hydrogen) atoms. The molecule has 0 amide bonds. The molecule has 0 radical (unpaired) electrons. The maximum atomic E-state index is 10.0. The summed E-state index contributed by atoms with van der Waals surface area (Å²) in [6, 6.07) is 7.84. The molecule has 112 valence electrons. The molecule has 6 heteroatoms. The minimum Gasteiger partial charge on any atom is -0.508 e. The molecule has 4 N–H and O–H groups in total. The summed E-state index contributed by atoms with van der Waals surface area (Å²) in [6.07, 6.45) is 0. The standard InChI is InChI=1S/C15H16O6/c1-20-15(21-2,11-5-3-9(16)7-13(11)18)12-6-4-10(17)8-14(12)19/h3-8,16-19H,1-2H3. The Morgan fingerprint density at radius 3 is 1.38 bits per heavy atom. The van der Waals surface area contributed by atoms with Crippen molar-refractivity contribution in [1.29, 1.82) is 0 Å². The molecule has 0 aliphatic rings. The predicted octanol–water partition coefficient (Wildman–Crippen LogP) is 2.00. The van der Waals surface area contributed by atoms with E-state index in [1.165, 1.54) is 38.5 Å². The van der Waals surface area contributed by atoms with Crippen molar-refractivity contribution in [3.8, 4) is 23.0 Å². The molecule has 0 aliphatic heterocycles. The van der Waals surface area contributed by atoms with Gasteiger partial charge in [-0.15, -0.1) is 0 Å². The van der Waals surface area contributed by atoms with Crippen LogP contribution >= 0.6 is 0 Å². The Morgan fingerprint density at radius 1 is 0.714 bits per heavy atom. The number of hydrogen-bond donors (Lipinski definition) is 4. The normalized spacial score (nSPS) is 11.5. The van der Waals surface area contributed by atoms with Gasteiger partial charge < -0.3 is 29.9 Å². The molecule has 0 atom stereocenters. The highest BCUT2D eigenvalue weighted by molar-refractivity contribution is 5.51. The first-order chi connectivity index (χ1) is 9.94. The zero-order chi connectivity index (χ0) is 15.6. The van der Waals surface area contributed by atoms with Crippen molar-refractivity contribution >= 4 is 0 Å². The van der Waals surface area contributed by atoms with E-state index in [9.17, 15) is 20.4 Å². The van der Waals surface area contributed by atoms with Crippen molar-refractivity contribution in [2.24, 2.45) is 0 Å². The molecule has 6 nitrogen and oxygen atoms in total. The number of phenols is 4. The number of phenolic OH excluding ortho intramolecular Hbond substituents is 4. The third-order valence-corrected chi connectivity index (χ3v) is 3.25. The van der Waals surface area contributed by atoms with Gasteiger partial charge in [-0.2, -0.15) is 0 Å². The van der Waals surface area contributed by atoms with Gasteiger partial charge in [0.25, 0.3) is 0 Å². The predicted molar refractivity (Wildman–Crippen MR) is 74.3 cm³/mol. The van der Waals surface area contributed by atoms with Gasteiger partial charge in [0.05, 0.1) is 11.1 Å². The fourth-order valence-electron chi connectivity index (χ4n) is 2.26. The first-order valence-corrected chi connectivity index (χ1v) is 6.10. The topological polar surface area (TPSA) is 99.4 Å². The van der Waals surface area contributed by atoms with Gasteiger partial charge in [-0.3, -0.25) is 0 Å². The summed E-state index contributed by atoms with van der Waals surface area (Å²) in [5.74, 6) is -2.34. The largest absolute Gasteiger partial charge is 0.508 e. The molecule has 0 saturated carbocycles. The van der Waals surface area contributed by atoms with Crippen LogP contribution in [0.2, 0.25) is 0 Å². The molecule has 0 spiro atoms. The van der Waals surface area contributed by atoms with Crippen LogP contribution in [0.5, 0.6) is 23.0 Å². The number of benzene rings is 2. The van der Waals surface area contributed by atoms with E-state index in [2.05, 4.69) is 0 Å². The minimum absolute atomic E-state index is 0.118. The van der Waals surface area contributed by atoms with E-state index in [1.54, 1.807) is 0 Å². The molecule has 2 rings (SSSR count). The van der Waals surface area contributed by atoms with E-state index in [4.69, 9.17) is 9.47 Å². The summed E-state index contributed by atoms with van der Waals surface area (Å²) < 4.78 is 10.8. The maximum Gasteiger partial charge on any atom is 0.229 e. The van der Waals surface area contributed by atoms with Crippen LogP contribution in [0, 0.1) is 0 Å². The lowest BCUT2D eigenvalue weighted by molar-refractivity contribution is -0.185. The van der Waals surface area contributed by atoms with E-state index >= 15 is 0 Å². The number of aromatic hydroxyl groups is 4. The maximum absolute atomic E-state index is 10.0. The van der Waals surface area contributed by atoms with Crippen molar-refractivity contribution in [3.05, 3.63) is 47.5 Å². The highest BCUT2D eigenvalue weighted by atomic mass is 16.7. The lowest BCUT2D eigenvalue weighted by Gasteiger charge is -2.32. The number of hydrogen-bond acceptors (Lipinski definition) is 6. The molecule has 0 saturated heterocycles. The van der Waals surface area contributed by atoms with Crippen LogP contribution in [0.25, 0.3) is 0 Å². The first kappa shape index (κ1) is 15.0. The van der Waals surface area contributed by atoms with Gasteiger partial charge in [0.1, 0.15) is 23.0 Å². The second-order valence-electron chi connectivity index (χ2n) is 4.43. The Labute approximate surface area is 121 Å². The van der Waals surface area contributed by atoms with Crippen molar-refractivity contribution in [3.63, 3.8) is 0 Å². The van der Waals surface area contributed by atoms with E-state index in [0.29, 0.717) is 0 Å². The van der Waals surface area contributed by atoms with Gasteiger partial charge in [0.15, 0.2) is 0 Å². The van der Waals surface area contributed by atoms with Gasteiger partial charge >= 0.3 is 0 Å². The summed E-state index contributed by atoms with van der Waals surface area (Å²) in [5.41, 5.74) is 0.401. The SMILES string of the molecule is COC(OC)(c1ccc(O)cc1O)c1ccc(O)cc1O. The third-order valence-electron chi connectivity index (χ3n) is 3.25. The quantitative estimate of drug-likeness (QED) is 0.643. The summed E-state index contributed by atoms with van der Waals surface area (Å²) in [7, 11) is 2.70. The third kappa shape index (κ3) is 2.46. The van der Waals surface area contributed by atoms with Gasteiger partial charge in [-0.25, -0.2) is 0 Å². The highest BCUT2D eigenvalue weighted by Crippen LogP contribution is 2.43. The van der Waals surface area contributed by atoms with Crippen molar-refractivity contribution in [1.82, 2.24) is 0 Å². The number of methoxy groups -OCH3 is 2. The van der Waals surface area contributed by atoms with Crippen LogP contribution in [-0.2, 0) is 15.3 Å². The van der Waals surface area contributed by atoms with Crippen LogP contribution in [0.1, 0.15) is 11.1 Å². The molecule has 0 heterocycles. The molecule has 0 aliphatic carbocycles. The van der Waals surface area contributed by atoms with E-state index < -0.39 is 5.79 Å². The minimum atomic E-state index is -1.59. The average Bonchev–Trinajstić information content (AvgIpc) is 2.44. The first-order valence-electron chi connectivity index (χ1n) is 6.10. The van der Waals surface area contributed by atoms with E-state index in [1.807, 2.05) is 0 Å². The Balaban J connectivity index is 2.70. The second kappa shape index (κ2) is 5.51. The smallest absolute Gasteiger partial charge is 0.229 e. The summed E-state index contributed by atoms with van der Waals surface area (Å²) >= 11 is 0. The lowest BCUT2D eigenvalue weighted by Crippen LogP contribution is -2.32. The van der Waals surface area contributed by atoms with Gasteiger partial charge in [-0.05, 0) is 24.3 Å². The van der Waals surface area contributed by atoms with Crippen LogP contribution in [0.3, 0.4) is 0 Å². The van der Waals surface area contributed by atoms with E-state index in [-0.39, 0.29) is 34.1 Å². The molecule has 0 bridgehead atoms. The summed E-state index contributed by atoms with van der Waals surface area (Å²) in [5, 5.41) is 38.9. The summed E-state index contributed by atoms with van der Waals surface area (Å²) in [6.45, 7) is 0. The van der Waals surface area contributed by atoms with Gasteiger partial charge in [0, 0.05) is 26.4 Å². The Kier molecular flexibility index (Phi) is 3.93. The second-order valence-corrected chi connectivity index (χ2v) is 4.43. The monoisotopic (exact) mass is 292 g/mol. The molecule has 0 fully saturated rings. The van der Waals surface area contributed by atoms with Crippen LogP contribution < -0.4 is 0 Å². The zero-order valence-electron chi connectivity index (χ0n) is 11.6. The van der Waals surface area contributed by atoms with Crippen molar-refractivity contribution in [2.75, 3.05) is 14.2 Å². The Hall–Kier alpha value is -2.44. The zero-order valence-corrected chi connectivity index (χ0v) is 11.6. The lowest BCUT2D eigenvalue weighted by atomic mass is 9.95. The number of rotatable bonds is 4. The van der Waals surface area contributed by atoms with E-state index in [0.717, 1.165) is 12.1 Å². The van der Waals surface area contributed by atoms with Gasteiger partial charge in [0.2, 0.25) is 5.79 Å². The van der Waals surface area contributed by atoms with Crippen LogP contribution in [-0.4, -0.2) is 34.6 Å². The van der Waals surface area contributed by atoms with Crippen LogP contribution in [0.15, 0.2) is 36.4 Å². The molecule has 0 aromatic heterocycles. The fourth-order valence-corrected chi connectivity index (χ4v) is 2.26. The van der Waals surface area contributed by atoms with Gasteiger partial charge in [-0.1, -0.05) is 0 Å². The molecule has 2 aromatic rings.